The number of benzene rings is 1. The zero-order chi connectivity index (χ0) is 17.9. The van der Waals surface area contributed by atoms with E-state index in [4.69, 9.17) is 9.26 Å². The van der Waals surface area contributed by atoms with Crippen molar-refractivity contribution in [1.29, 1.82) is 0 Å². The van der Waals surface area contributed by atoms with E-state index >= 15 is 0 Å². The van der Waals surface area contributed by atoms with Crippen molar-refractivity contribution in [2.24, 2.45) is 0 Å². The molecule has 1 fully saturated rings. The van der Waals surface area contributed by atoms with Gasteiger partial charge in [0.05, 0.1) is 31.0 Å². The first kappa shape index (κ1) is 17.9. The van der Waals surface area contributed by atoms with E-state index in [1.807, 2.05) is 20.2 Å². The zero-order valence-corrected chi connectivity index (χ0v) is 15.6. The number of hydrogen-bond donors (Lipinski definition) is 1. The third-order valence-electron chi connectivity index (χ3n) is 4.48. The Bertz CT molecular complexity index is 675. The van der Waals surface area contributed by atoms with Gasteiger partial charge in [-0.05, 0) is 31.8 Å². The van der Waals surface area contributed by atoms with Gasteiger partial charge in [0.25, 0.3) is 0 Å². The molecule has 0 saturated carbocycles. The van der Waals surface area contributed by atoms with Crippen LogP contribution in [0.15, 0.2) is 34.9 Å². The van der Waals surface area contributed by atoms with E-state index in [-0.39, 0.29) is 5.54 Å². The molecule has 1 aromatic carbocycles. The van der Waals surface area contributed by atoms with Gasteiger partial charge in [-0.3, -0.25) is 0 Å². The fourth-order valence-corrected chi connectivity index (χ4v) is 2.99. The summed E-state index contributed by atoms with van der Waals surface area (Å²) in [6, 6.07) is 10.7. The summed E-state index contributed by atoms with van der Waals surface area (Å²) < 4.78 is 10.9. The minimum Gasteiger partial charge on any atom is -0.378 e. The molecule has 6 nitrogen and oxygen atoms in total. The van der Waals surface area contributed by atoms with Gasteiger partial charge in [-0.2, -0.15) is 0 Å². The fraction of sp³-hybridized carbons (Fsp3) is 0.526. The summed E-state index contributed by atoms with van der Waals surface area (Å²) in [6.45, 7) is 3.00. The van der Waals surface area contributed by atoms with E-state index < -0.39 is 0 Å². The third kappa shape index (κ3) is 4.60. The van der Waals surface area contributed by atoms with Crippen molar-refractivity contribution < 1.29 is 9.26 Å². The number of nitrogens with zero attached hydrogens (tertiary/aromatic N) is 3. The molecule has 0 atom stereocenters. The highest BCUT2D eigenvalue weighted by Gasteiger charge is 2.39. The predicted molar refractivity (Wildman–Crippen MR) is 98.8 cm³/mol. The van der Waals surface area contributed by atoms with Crippen molar-refractivity contribution >= 4 is 5.69 Å². The van der Waals surface area contributed by atoms with Crippen molar-refractivity contribution in [1.82, 2.24) is 15.4 Å². The van der Waals surface area contributed by atoms with Crippen molar-refractivity contribution in [2.45, 2.75) is 25.0 Å². The molecular formula is C19H28N4O2. The molecule has 3 rings (SSSR count). The highest BCUT2D eigenvalue weighted by Crippen LogP contribution is 2.24. The lowest BCUT2D eigenvalue weighted by atomic mass is 9.91. The first-order chi connectivity index (χ1) is 12.0. The lowest BCUT2D eigenvalue weighted by molar-refractivity contribution is -0.0755. The van der Waals surface area contributed by atoms with E-state index in [1.54, 1.807) is 0 Å². The van der Waals surface area contributed by atoms with Crippen molar-refractivity contribution in [2.75, 3.05) is 46.3 Å². The Morgan fingerprint density at radius 3 is 2.40 bits per heavy atom. The summed E-state index contributed by atoms with van der Waals surface area (Å²) in [6.07, 6.45) is 0.819. The number of nitrogens with one attached hydrogen (secondary N) is 1. The van der Waals surface area contributed by atoms with Crippen LogP contribution in [0.5, 0.6) is 0 Å². The average Bonchev–Trinajstić information content (AvgIpc) is 2.96. The topological polar surface area (TPSA) is 53.8 Å². The number of hydrogen-bond acceptors (Lipinski definition) is 6. The maximum atomic E-state index is 5.49. The molecule has 1 N–H and O–H groups in total. The summed E-state index contributed by atoms with van der Waals surface area (Å²) in [5, 5.41) is 7.88. The van der Waals surface area contributed by atoms with E-state index in [1.165, 1.54) is 11.3 Å². The minimum atomic E-state index is -0.0491. The second-order valence-corrected chi connectivity index (χ2v) is 7.39. The van der Waals surface area contributed by atoms with Gasteiger partial charge in [-0.1, -0.05) is 17.3 Å². The van der Waals surface area contributed by atoms with E-state index in [0.717, 1.165) is 31.0 Å². The van der Waals surface area contributed by atoms with Gasteiger partial charge >= 0.3 is 0 Å². The van der Waals surface area contributed by atoms with Crippen LogP contribution in [0.1, 0.15) is 17.0 Å². The van der Waals surface area contributed by atoms with Gasteiger partial charge in [-0.25, -0.2) is 0 Å². The zero-order valence-electron chi connectivity index (χ0n) is 15.6. The molecule has 2 aromatic rings. The van der Waals surface area contributed by atoms with Crippen molar-refractivity contribution in [3.8, 4) is 0 Å². The summed E-state index contributed by atoms with van der Waals surface area (Å²) in [7, 11) is 8.14. The molecule has 136 valence electrons. The summed E-state index contributed by atoms with van der Waals surface area (Å²) in [5.74, 6) is 0.898. The largest absolute Gasteiger partial charge is 0.378 e. The van der Waals surface area contributed by atoms with Crippen LogP contribution in [0.4, 0.5) is 5.69 Å². The Hall–Kier alpha value is -1.89. The Kier molecular flexibility index (Phi) is 5.42. The molecule has 0 amide bonds. The molecule has 0 unspecified atom stereocenters. The quantitative estimate of drug-likeness (QED) is 0.789. The molecule has 1 aliphatic rings. The second-order valence-electron chi connectivity index (χ2n) is 7.39. The maximum absolute atomic E-state index is 5.49. The summed E-state index contributed by atoms with van der Waals surface area (Å²) >= 11 is 0. The predicted octanol–water partition coefficient (Wildman–Crippen LogP) is 1.90. The van der Waals surface area contributed by atoms with Crippen LogP contribution in [0, 0.1) is 0 Å². The molecule has 0 aliphatic carbocycles. The molecule has 0 bridgehead atoms. The first-order valence-electron chi connectivity index (χ1n) is 8.64. The van der Waals surface area contributed by atoms with E-state index in [0.29, 0.717) is 13.2 Å². The molecule has 1 saturated heterocycles. The van der Waals surface area contributed by atoms with Gasteiger partial charge in [0.15, 0.2) is 5.76 Å². The molecule has 6 heteroatoms. The van der Waals surface area contributed by atoms with Gasteiger partial charge in [0.1, 0.15) is 0 Å². The van der Waals surface area contributed by atoms with Crippen LogP contribution in [0.2, 0.25) is 0 Å². The Balaban J connectivity index is 1.58. The van der Waals surface area contributed by atoms with Gasteiger partial charge < -0.3 is 24.4 Å². The number of aromatic nitrogens is 1. The van der Waals surface area contributed by atoms with Crippen LogP contribution >= 0.6 is 0 Å². The lowest BCUT2D eigenvalue weighted by Gasteiger charge is -2.42. The van der Waals surface area contributed by atoms with E-state index in [9.17, 15) is 0 Å². The van der Waals surface area contributed by atoms with Crippen LogP contribution < -0.4 is 10.2 Å². The fourth-order valence-electron chi connectivity index (χ4n) is 2.99. The summed E-state index contributed by atoms with van der Waals surface area (Å²) in [5.41, 5.74) is 3.41. The lowest BCUT2D eigenvalue weighted by Crippen LogP contribution is -2.61. The minimum absolute atomic E-state index is 0.0491. The van der Waals surface area contributed by atoms with Gasteiger partial charge in [0.2, 0.25) is 0 Å². The van der Waals surface area contributed by atoms with Crippen LogP contribution in [0.25, 0.3) is 0 Å². The summed E-state index contributed by atoms with van der Waals surface area (Å²) in [4.78, 5) is 4.18. The monoisotopic (exact) mass is 344 g/mol. The molecule has 1 aliphatic heterocycles. The van der Waals surface area contributed by atoms with Crippen LogP contribution in [0.3, 0.4) is 0 Å². The Morgan fingerprint density at radius 2 is 1.84 bits per heavy atom. The van der Waals surface area contributed by atoms with Crippen molar-refractivity contribution in [3.05, 3.63) is 47.3 Å². The molecule has 2 heterocycles. The van der Waals surface area contributed by atoms with Crippen LogP contribution in [-0.4, -0.2) is 57.0 Å². The first-order valence-corrected chi connectivity index (χ1v) is 8.64. The number of rotatable bonds is 8. The van der Waals surface area contributed by atoms with E-state index in [2.05, 4.69) is 58.6 Å². The molecule has 0 radical (unpaired) electrons. The highest BCUT2D eigenvalue weighted by molar-refractivity contribution is 5.46. The standard InChI is InChI=1S/C19H28N4O2/c1-22(2)12-18-9-16(21-25-18)10-19(13-24-14-19)20-11-15-5-7-17(8-6-15)23(3)4/h5-9,20H,10-14H2,1-4H3. The molecule has 0 spiro atoms. The normalized spacial score (nSPS) is 16.0. The van der Waals surface area contributed by atoms with Gasteiger partial charge in [0, 0.05) is 38.8 Å². The van der Waals surface area contributed by atoms with Gasteiger partial charge in [-0.15, -0.1) is 0 Å². The Morgan fingerprint density at radius 1 is 1.12 bits per heavy atom. The SMILES string of the molecule is CN(C)Cc1cc(CC2(NCc3ccc(N(C)C)cc3)COC2)no1. The number of ether oxygens (including phenoxy) is 1. The average molecular weight is 344 g/mol. The molecular weight excluding hydrogens is 316 g/mol. The Labute approximate surface area is 149 Å². The third-order valence-corrected chi connectivity index (χ3v) is 4.48. The molecule has 25 heavy (non-hydrogen) atoms. The maximum Gasteiger partial charge on any atom is 0.150 e. The molecule has 1 aromatic heterocycles. The highest BCUT2D eigenvalue weighted by atomic mass is 16.5. The van der Waals surface area contributed by atoms with Crippen molar-refractivity contribution in [3.63, 3.8) is 0 Å². The number of anilines is 1. The smallest absolute Gasteiger partial charge is 0.150 e. The second kappa shape index (κ2) is 7.56. The van der Waals surface area contributed by atoms with Crippen LogP contribution in [-0.2, 0) is 24.2 Å².